The van der Waals surface area contributed by atoms with Crippen LogP contribution in [0.1, 0.15) is 21.6 Å². The van der Waals surface area contributed by atoms with Gasteiger partial charge in [-0.05, 0) is 37.3 Å². The van der Waals surface area contributed by atoms with Gasteiger partial charge in [-0.15, -0.1) is 11.3 Å². The van der Waals surface area contributed by atoms with Crippen molar-refractivity contribution in [2.24, 2.45) is 0 Å². The van der Waals surface area contributed by atoms with Crippen molar-refractivity contribution < 1.29 is 4.79 Å². The van der Waals surface area contributed by atoms with Crippen molar-refractivity contribution >= 4 is 51.2 Å². The van der Waals surface area contributed by atoms with Gasteiger partial charge in [-0.3, -0.25) is 9.78 Å². The minimum Gasteiger partial charge on any atom is -0.289 e. The van der Waals surface area contributed by atoms with Crippen LogP contribution in [0.3, 0.4) is 0 Å². The maximum atomic E-state index is 12.4. The largest absolute Gasteiger partial charge is 0.289 e. The predicted octanol–water partition coefficient (Wildman–Crippen LogP) is 5.14. The first-order valence-corrected chi connectivity index (χ1v) is 7.49. The first kappa shape index (κ1) is 13.6. The van der Waals surface area contributed by atoms with Crippen LogP contribution in [0.5, 0.6) is 0 Å². The topological polar surface area (TPSA) is 30.0 Å². The molecule has 100 valence electrons. The number of hydrogen-bond acceptors (Lipinski definition) is 3. The van der Waals surface area contributed by atoms with Crippen molar-refractivity contribution in [3.8, 4) is 0 Å². The number of fused-ring (bicyclic) bond motifs is 1. The lowest BCUT2D eigenvalue weighted by atomic mass is 10.0. The van der Waals surface area contributed by atoms with Crippen LogP contribution in [0, 0.1) is 6.92 Å². The van der Waals surface area contributed by atoms with E-state index in [2.05, 4.69) is 4.98 Å². The van der Waals surface area contributed by atoms with Gasteiger partial charge >= 0.3 is 0 Å². The van der Waals surface area contributed by atoms with Gasteiger partial charge in [0.2, 0.25) is 0 Å². The minimum atomic E-state index is -0.124. The van der Waals surface area contributed by atoms with Gasteiger partial charge < -0.3 is 0 Å². The van der Waals surface area contributed by atoms with Crippen molar-refractivity contribution in [2.45, 2.75) is 6.92 Å². The average molecular weight is 322 g/mol. The summed E-state index contributed by atoms with van der Waals surface area (Å²) in [5.74, 6) is -0.124. The van der Waals surface area contributed by atoms with Crippen molar-refractivity contribution in [3.63, 3.8) is 0 Å². The van der Waals surface area contributed by atoms with E-state index < -0.39 is 0 Å². The molecule has 0 aliphatic carbocycles. The Labute approximate surface area is 130 Å². The fourth-order valence-electron chi connectivity index (χ4n) is 2.02. The van der Waals surface area contributed by atoms with Gasteiger partial charge in [0.25, 0.3) is 0 Å². The quantitative estimate of drug-likeness (QED) is 0.611. The Morgan fingerprint density at radius 2 is 1.95 bits per heavy atom. The molecule has 0 saturated heterocycles. The lowest BCUT2D eigenvalue weighted by Gasteiger charge is -2.03. The molecule has 0 unspecified atom stereocenters. The third-order valence-corrected chi connectivity index (χ3v) is 4.48. The van der Waals surface area contributed by atoms with Crippen molar-refractivity contribution in [1.29, 1.82) is 0 Å². The number of aromatic nitrogens is 1. The van der Waals surface area contributed by atoms with Gasteiger partial charge in [-0.2, -0.15) is 0 Å². The number of carbonyl (C=O) groups is 1. The van der Waals surface area contributed by atoms with E-state index in [1.165, 1.54) is 11.3 Å². The molecule has 2 nitrogen and oxygen atoms in total. The van der Waals surface area contributed by atoms with Gasteiger partial charge in [0.15, 0.2) is 5.78 Å². The summed E-state index contributed by atoms with van der Waals surface area (Å²) in [7, 11) is 0. The lowest BCUT2D eigenvalue weighted by molar-refractivity contribution is 0.103. The summed E-state index contributed by atoms with van der Waals surface area (Å²) in [5.41, 5.74) is 2.85. The molecule has 0 N–H and O–H groups in total. The summed E-state index contributed by atoms with van der Waals surface area (Å²) in [6.07, 6.45) is 0. The third-order valence-electron chi connectivity index (χ3n) is 2.99. The Bertz CT molecular complexity index is 826. The standard InChI is InChI=1S/C15H9Cl2NOS/c1-8-2-3-9-6-10(4-5-12(9)18-8)14(19)11-7-13(16)20-15(11)17/h2-7H,1H3. The van der Waals surface area contributed by atoms with Crippen molar-refractivity contribution in [3.05, 3.63) is 61.9 Å². The third kappa shape index (κ3) is 2.44. The number of ketones is 1. The highest BCUT2D eigenvalue weighted by Gasteiger charge is 2.16. The van der Waals surface area contributed by atoms with E-state index >= 15 is 0 Å². The minimum absolute atomic E-state index is 0.124. The maximum absolute atomic E-state index is 12.4. The molecule has 5 heteroatoms. The van der Waals surface area contributed by atoms with E-state index in [1.807, 2.05) is 31.2 Å². The molecular weight excluding hydrogens is 313 g/mol. The Morgan fingerprint density at radius 3 is 2.65 bits per heavy atom. The summed E-state index contributed by atoms with van der Waals surface area (Å²) in [5, 5.41) is 0.930. The second-order valence-electron chi connectivity index (χ2n) is 4.43. The molecule has 0 amide bonds. The molecule has 0 aliphatic heterocycles. The van der Waals surface area contributed by atoms with Gasteiger partial charge in [-0.1, -0.05) is 29.3 Å². The van der Waals surface area contributed by atoms with Gasteiger partial charge in [0, 0.05) is 16.6 Å². The highest BCUT2D eigenvalue weighted by atomic mass is 35.5. The molecule has 2 aromatic heterocycles. The smallest absolute Gasteiger partial charge is 0.195 e. The van der Waals surface area contributed by atoms with Crippen LogP contribution in [0.2, 0.25) is 8.67 Å². The van der Waals surface area contributed by atoms with E-state index in [-0.39, 0.29) is 5.78 Å². The molecule has 2 heterocycles. The van der Waals surface area contributed by atoms with Crippen LogP contribution in [0.15, 0.2) is 36.4 Å². The van der Waals surface area contributed by atoms with E-state index in [1.54, 1.807) is 12.1 Å². The molecule has 0 saturated carbocycles. The van der Waals surface area contributed by atoms with E-state index in [4.69, 9.17) is 23.2 Å². The molecule has 20 heavy (non-hydrogen) atoms. The summed E-state index contributed by atoms with van der Waals surface area (Å²) < 4.78 is 0.929. The van der Waals surface area contributed by atoms with Crippen molar-refractivity contribution in [2.75, 3.05) is 0 Å². The first-order chi connectivity index (χ1) is 9.54. The molecule has 0 atom stereocenters. The Kier molecular flexibility index (Phi) is 3.50. The molecule has 0 fully saturated rings. The molecule has 3 rings (SSSR count). The number of nitrogens with zero attached hydrogens (tertiary/aromatic N) is 1. The zero-order valence-electron chi connectivity index (χ0n) is 10.5. The van der Waals surface area contributed by atoms with Gasteiger partial charge in [-0.25, -0.2) is 0 Å². The van der Waals surface area contributed by atoms with Crippen LogP contribution in [0.4, 0.5) is 0 Å². The maximum Gasteiger partial charge on any atom is 0.195 e. The number of thiophene rings is 1. The number of benzene rings is 1. The molecule has 0 spiro atoms. The van der Waals surface area contributed by atoms with Crippen LogP contribution < -0.4 is 0 Å². The normalized spacial score (nSPS) is 10.9. The number of aryl methyl sites for hydroxylation is 1. The second-order valence-corrected chi connectivity index (χ2v) is 6.71. The number of halogens is 2. The van der Waals surface area contributed by atoms with Crippen LogP contribution in [-0.4, -0.2) is 10.8 Å². The predicted molar refractivity (Wildman–Crippen MR) is 84.3 cm³/mol. The summed E-state index contributed by atoms with van der Waals surface area (Å²) in [6, 6.07) is 10.9. The fourth-order valence-corrected chi connectivity index (χ4v) is 3.48. The van der Waals surface area contributed by atoms with Crippen LogP contribution >= 0.6 is 34.5 Å². The number of hydrogen-bond donors (Lipinski definition) is 0. The zero-order valence-corrected chi connectivity index (χ0v) is 12.8. The molecule has 0 radical (unpaired) electrons. The van der Waals surface area contributed by atoms with Crippen LogP contribution in [-0.2, 0) is 0 Å². The molecule has 1 aromatic carbocycles. The highest BCUT2D eigenvalue weighted by Crippen LogP contribution is 2.32. The molecule has 0 aliphatic rings. The first-order valence-electron chi connectivity index (χ1n) is 5.91. The van der Waals surface area contributed by atoms with Gasteiger partial charge in [0.05, 0.1) is 15.4 Å². The van der Waals surface area contributed by atoms with Gasteiger partial charge in [0.1, 0.15) is 4.34 Å². The lowest BCUT2D eigenvalue weighted by Crippen LogP contribution is -2.00. The van der Waals surface area contributed by atoms with Crippen molar-refractivity contribution in [1.82, 2.24) is 4.98 Å². The Hall–Kier alpha value is -1.42. The number of rotatable bonds is 2. The number of pyridine rings is 1. The van der Waals surface area contributed by atoms with E-state index in [0.29, 0.717) is 19.8 Å². The Balaban J connectivity index is 2.08. The molecule has 3 aromatic rings. The summed E-state index contributed by atoms with van der Waals surface area (Å²) in [6.45, 7) is 1.94. The number of carbonyl (C=O) groups excluding carboxylic acids is 1. The SMILES string of the molecule is Cc1ccc2cc(C(=O)c3cc(Cl)sc3Cl)ccc2n1. The summed E-state index contributed by atoms with van der Waals surface area (Å²) in [4.78, 5) is 16.8. The second kappa shape index (κ2) is 5.17. The zero-order chi connectivity index (χ0) is 14.3. The monoisotopic (exact) mass is 321 g/mol. The molecular formula is C15H9Cl2NOS. The molecule has 0 bridgehead atoms. The van der Waals surface area contributed by atoms with E-state index in [9.17, 15) is 4.79 Å². The average Bonchev–Trinajstić information content (AvgIpc) is 2.76. The summed E-state index contributed by atoms with van der Waals surface area (Å²) >= 11 is 13.1. The van der Waals surface area contributed by atoms with Crippen LogP contribution in [0.25, 0.3) is 10.9 Å². The Morgan fingerprint density at radius 1 is 1.15 bits per heavy atom. The van der Waals surface area contributed by atoms with E-state index in [0.717, 1.165) is 16.6 Å². The fraction of sp³-hybridized carbons (Fsp3) is 0.0667. The highest BCUT2D eigenvalue weighted by molar-refractivity contribution is 7.20.